The van der Waals surface area contributed by atoms with Gasteiger partial charge in [-0.15, -0.1) is 0 Å². The molecule has 0 aromatic heterocycles. The van der Waals surface area contributed by atoms with Crippen molar-refractivity contribution in [1.29, 1.82) is 0 Å². The Bertz CT molecular complexity index is 900. The molecule has 2 unspecified atom stereocenters. The third-order valence-electron chi connectivity index (χ3n) is 5.70. The summed E-state index contributed by atoms with van der Waals surface area (Å²) in [6.45, 7) is 3.12. The molecule has 1 aliphatic rings. The summed E-state index contributed by atoms with van der Waals surface area (Å²) < 4.78 is 22.3. The van der Waals surface area contributed by atoms with E-state index in [9.17, 15) is 9.90 Å². The molecular weight excluding hydrogens is 398 g/mol. The van der Waals surface area contributed by atoms with Gasteiger partial charge >= 0.3 is 5.97 Å². The summed E-state index contributed by atoms with van der Waals surface area (Å²) in [5.74, 6) is 1.78. The van der Waals surface area contributed by atoms with Gasteiger partial charge in [0.25, 0.3) is 0 Å². The largest absolute Gasteiger partial charge is 0.497 e. The number of hydrogen-bond acceptors (Lipinski definition) is 6. The molecule has 2 atom stereocenters. The Morgan fingerprint density at radius 3 is 2.45 bits per heavy atom. The quantitative estimate of drug-likeness (QED) is 0.642. The summed E-state index contributed by atoms with van der Waals surface area (Å²) >= 11 is 0. The first-order chi connectivity index (χ1) is 15.0. The lowest BCUT2D eigenvalue weighted by atomic mass is 9.91. The number of carboxylic acid groups (broad SMARTS) is 1. The lowest BCUT2D eigenvalue weighted by Crippen LogP contribution is -2.46. The number of carboxylic acids is 1. The van der Waals surface area contributed by atoms with Crippen molar-refractivity contribution in [2.75, 3.05) is 34.5 Å². The van der Waals surface area contributed by atoms with Crippen molar-refractivity contribution >= 4 is 5.97 Å². The number of ether oxygens (including phenoxy) is 4. The van der Waals surface area contributed by atoms with Gasteiger partial charge in [0.05, 0.1) is 34.0 Å². The number of piperidine rings is 1. The molecule has 0 aliphatic carbocycles. The molecule has 1 heterocycles. The van der Waals surface area contributed by atoms with Gasteiger partial charge < -0.3 is 24.1 Å². The Morgan fingerprint density at radius 1 is 1.03 bits per heavy atom. The van der Waals surface area contributed by atoms with Crippen molar-refractivity contribution in [2.45, 2.75) is 38.3 Å². The predicted molar refractivity (Wildman–Crippen MR) is 118 cm³/mol. The average Bonchev–Trinajstić information content (AvgIpc) is 2.80. The molecule has 0 amide bonds. The van der Waals surface area contributed by atoms with Crippen LogP contribution in [0, 0.1) is 0 Å². The summed E-state index contributed by atoms with van der Waals surface area (Å²) in [7, 11) is 4.82. The van der Waals surface area contributed by atoms with Gasteiger partial charge in [-0.25, -0.2) is 0 Å². The van der Waals surface area contributed by atoms with E-state index in [-0.39, 0.29) is 6.04 Å². The standard InChI is InChI=1S/C24H31NO6/c1-5-31-20-12-9-16(14-22(20)30-4)23(25-13-7-6-8-19(25)24(26)27)18-11-10-17(28-2)15-21(18)29-3/h9-12,14-15,19,23H,5-8,13H2,1-4H3,(H,26,27). The topological polar surface area (TPSA) is 77.5 Å². The second-order valence-corrected chi connectivity index (χ2v) is 7.44. The molecule has 1 aliphatic heterocycles. The van der Waals surface area contributed by atoms with E-state index >= 15 is 0 Å². The number of rotatable bonds is 9. The molecule has 1 saturated heterocycles. The maximum absolute atomic E-state index is 12.1. The van der Waals surface area contributed by atoms with E-state index in [2.05, 4.69) is 0 Å². The van der Waals surface area contributed by atoms with Gasteiger partial charge in [-0.05, 0) is 56.1 Å². The highest BCUT2D eigenvalue weighted by molar-refractivity contribution is 5.74. The third-order valence-corrected chi connectivity index (χ3v) is 5.70. The monoisotopic (exact) mass is 429 g/mol. The Morgan fingerprint density at radius 2 is 1.81 bits per heavy atom. The van der Waals surface area contributed by atoms with E-state index in [1.165, 1.54) is 0 Å². The van der Waals surface area contributed by atoms with Crippen LogP contribution in [-0.2, 0) is 4.79 Å². The van der Waals surface area contributed by atoms with Crippen LogP contribution in [-0.4, -0.2) is 56.5 Å². The van der Waals surface area contributed by atoms with Crippen LogP contribution in [0.2, 0.25) is 0 Å². The van der Waals surface area contributed by atoms with E-state index in [1.54, 1.807) is 21.3 Å². The zero-order chi connectivity index (χ0) is 22.4. The second kappa shape index (κ2) is 10.4. The van der Waals surface area contributed by atoms with Crippen molar-refractivity contribution in [3.8, 4) is 23.0 Å². The zero-order valence-electron chi connectivity index (χ0n) is 18.6. The maximum atomic E-state index is 12.1. The number of hydrogen-bond donors (Lipinski definition) is 1. The van der Waals surface area contributed by atoms with E-state index in [0.29, 0.717) is 42.6 Å². The number of benzene rings is 2. The van der Waals surface area contributed by atoms with Gasteiger partial charge in [-0.2, -0.15) is 0 Å². The van der Waals surface area contributed by atoms with Crippen LogP contribution in [0.1, 0.15) is 43.4 Å². The summed E-state index contributed by atoms with van der Waals surface area (Å²) in [4.78, 5) is 14.2. The summed E-state index contributed by atoms with van der Waals surface area (Å²) in [6, 6.07) is 10.5. The highest BCUT2D eigenvalue weighted by Gasteiger charge is 2.36. The fraction of sp³-hybridized carbons (Fsp3) is 0.458. The van der Waals surface area contributed by atoms with Crippen LogP contribution in [0.5, 0.6) is 23.0 Å². The first-order valence-electron chi connectivity index (χ1n) is 10.5. The molecule has 2 aromatic carbocycles. The number of aliphatic carboxylic acids is 1. The highest BCUT2D eigenvalue weighted by atomic mass is 16.5. The normalized spacial score (nSPS) is 17.6. The summed E-state index contributed by atoms with van der Waals surface area (Å²) in [5, 5.41) is 9.94. The first kappa shape index (κ1) is 22.7. The van der Waals surface area contributed by atoms with Crippen LogP contribution < -0.4 is 18.9 Å². The molecule has 7 heteroatoms. The third kappa shape index (κ3) is 4.88. The molecule has 1 fully saturated rings. The van der Waals surface area contributed by atoms with Crippen molar-refractivity contribution < 1.29 is 28.8 Å². The number of nitrogens with zero attached hydrogens (tertiary/aromatic N) is 1. The van der Waals surface area contributed by atoms with E-state index in [4.69, 9.17) is 18.9 Å². The van der Waals surface area contributed by atoms with Crippen LogP contribution >= 0.6 is 0 Å². The minimum atomic E-state index is -0.810. The number of carbonyl (C=O) groups is 1. The zero-order valence-corrected chi connectivity index (χ0v) is 18.6. The molecule has 0 bridgehead atoms. The fourth-order valence-corrected chi connectivity index (χ4v) is 4.25. The minimum absolute atomic E-state index is 0.327. The van der Waals surface area contributed by atoms with Gasteiger partial charge in [0, 0.05) is 11.6 Å². The predicted octanol–water partition coefficient (Wildman–Crippen LogP) is 4.14. The van der Waals surface area contributed by atoms with Crippen molar-refractivity contribution in [3.63, 3.8) is 0 Å². The Kier molecular flexibility index (Phi) is 7.63. The lowest BCUT2D eigenvalue weighted by Gasteiger charge is -2.40. The molecule has 31 heavy (non-hydrogen) atoms. The molecule has 168 valence electrons. The highest BCUT2D eigenvalue weighted by Crippen LogP contribution is 2.42. The van der Waals surface area contributed by atoms with Crippen molar-refractivity contribution in [2.24, 2.45) is 0 Å². The van der Waals surface area contributed by atoms with E-state index < -0.39 is 12.0 Å². The van der Waals surface area contributed by atoms with Crippen LogP contribution in [0.25, 0.3) is 0 Å². The molecule has 0 radical (unpaired) electrons. The van der Waals surface area contributed by atoms with Crippen LogP contribution in [0.4, 0.5) is 0 Å². The molecule has 0 spiro atoms. The van der Waals surface area contributed by atoms with Crippen molar-refractivity contribution in [3.05, 3.63) is 47.5 Å². The molecule has 0 saturated carbocycles. The van der Waals surface area contributed by atoms with Gasteiger partial charge in [0.15, 0.2) is 11.5 Å². The smallest absolute Gasteiger partial charge is 0.320 e. The molecule has 3 rings (SSSR count). The van der Waals surface area contributed by atoms with Crippen LogP contribution in [0.3, 0.4) is 0 Å². The number of methoxy groups -OCH3 is 3. The summed E-state index contributed by atoms with van der Waals surface area (Å²) in [6.07, 6.45) is 2.44. The molecular formula is C24H31NO6. The fourth-order valence-electron chi connectivity index (χ4n) is 4.25. The molecule has 1 N–H and O–H groups in total. The van der Waals surface area contributed by atoms with Gasteiger partial charge in [0.1, 0.15) is 17.5 Å². The van der Waals surface area contributed by atoms with E-state index in [1.807, 2.05) is 48.2 Å². The second-order valence-electron chi connectivity index (χ2n) is 7.44. The minimum Gasteiger partial charge on any atom is -0.497 e. The molecule has 2 aromatic rings. The van der Waals surface area contributed by atoms with Gasteiger partial charge in [0.2, 0.25) is 0 Å². The average molecular weight is 430 g/mol. The maximum Gasteiger partial charge on any atom is 0.320 e. The lowest BCUT2D eigenvalue weighted by molar-refractivity contribution is -0.145. The number of likely N-dealkylation sites (tertiary alicyclic amines) is 1. The Labute approximate surface area is 183 Å². The van der Waals surface area contributed by atoms with E-state index in [0.717, 1.165) is 24.0 Å². The van der Waals surface area contributed by atoms with Gasteiger partial charge in [-0.1, -0.05) is 12.5 Å². The summed E-state index contributed by atoms with van der Waals surface area (Å²) in [5.41, 5.74) is 1.79. The Balaban J connectivity index is 2.17. The van der Waals surface area contributed by atoms with Crippen molar-refractivity contribution in [1.82, 2.24) is 4.90 Å². The molecule has 7 nitrogen and oxygen atoms in total. The van der Waals surface area contributed by atoms with Gasteiger partial charge in [-0.3, -0.25) is 9.69 Å². The Hall–Kier alpha value is -2.93. The SMILES string of the molecule is CCOc1ccc(C(c2ccc(OC)cc2OC)N2CCCCC2C(=O)O)cc1OC. The first-order valence-corrected chi connectivity index (χ1v) is 10.5. The van der Waals surface area contributed by atoms with Crippen LogP contribution in [0.15, 0.2) is 36.4 Å².